The summed E-state index contributed by atoms with van der Waals surface area (Å²) in [6, 6.07) is 0. The molecule has 80 heavy (non-hydrogen) atoms. The molecule has 0 aromatic heterocycles. The van der Waals surface area contributed by atoms with Crippen molar-refractivity contribution in [3.63, 3.8) is 0 Å². The average molecular weight is 1130 g/mol. The molecule has 0 rings (SSSR count). The summed E-state index contributed by atoms with van der Waals surface area (Å²) in [5.41, 5.74) is 0. The second-order valence-electron chi connectivity index (χ2n) is 21.3. The van der Waals surface area contributed by atoms with E-state index in [-0.39, 0.29) is 26.1 Å². The van der Waals surface area contributed by atoms with Crippen LogP contribution in [0.15, 0.2) is 158 Å². The minimum atomic E-state index is -4.66. The predicted octanol–water partition coefficient (Wildman–Crippen LogP) is 19.4. The second-order valence-corrected chi connectivity index (χ2v) is 22.7. The van der Waals surface area contributed by atoms with Gasteiger partial charge >= 0.3 is 11.9 Å². The van der Waals surface area contributed by atoms with Crippen LogP contribution >= 0.6 is 7.82 Å². The van der Waals surface area contributed by atoms with Crippen molar-refractivity contribution in [3.05, 3.63) is 158 Å². The molecule has 0 fully saturated rings. The molecular formula is C70H114NO8P. The summed E-state index contributed by atoms with van der Waals surface area (Å²) < 4.78 is 34.1. The van der Waals surface area contributed by atoms with Crippen molar-refractivity contribution in [1.82, 2.24) is 0 Å². The van der Waals surface area contributed by atoms with Crippen molar-refractivity contribution in [1.29, 1.82) is 0 Å². The van der Waals surface area contributed by atoms with Crippen molar-refractivity contribution >= 4 is 19.8 Å². The van der Waals surface area contributed by atoms with Crippen molar-refractivity contribution < 1.29 is 42.1 Å². The van der Waals surface area contributed by atoms with Crippen molar-refractivity contribution in [2.24, 2.45) is 0 Å². The third-order valence-corrected chi connectivity index (χ3v) is 13.5. The van der Waals surface area contributed by atoms with E-state index in [4.69, 9.17) is 18.5 Å². The molecule has 9 nitrogen and oxygen atoms in total. The minimum Gasteiger partial charge on any atom is -0.756 e. The highest BCUT2D eigenvalue weighted by Crippen LogP contribution is 2.38. The number of nitrogens with zero attached hydrogens (tertiary/aromatic N) is 1. The molecule has 0 aromatic rings. The first-order valence-electron chi connectivity index (χ1n) is 31.2. The molecule has 0 amide bonds. The molecule has 0 saturated carbocycles. The zero-order valence-corrected chi connectivity index (χ0v) is 52.1. The first-order chi connectivity index (χ1) is 39.0. The Labute approximate surface area is 490 Å². The number of allylic oxidation sites excluding steroid dienone is 26. The van der Waals surface area contributed by atoms with Crippen LogP contribution in [-0.2, 0) is 32.7 Å². The van der Waals surface area contributed by atoms with E-state index in [1.54, 1.807) is 0 Å². The van der Waals surface area contributed by atoms with Crippen molar-refractivity contribution in [2.75, 3.05) is 47.5 Å². The number of ether oxygens (including phenoxy) is 2. The molecular weight excluding hydrogens is 1010 g/mol. The topological polar surface area (TPSA) is 111 Å². The fourth-order valence-corrected chi connectivity index (χ4v) is 8.57. The van der Waals surface area contributed by atoms with Crippen LogP contribution in [0.25, 0.3) is 0 Å². The summed E-state index contributed by atoms with van der Waals surface area (Å²) in [5.74, 6) is -0.940. The van der Waals surface area contributed by atoms with E-state index in [1.807, 2.05) is 33.3 Å². The molecule has 452 valence electrons. The number of carbonyl (C=O) groups is 2. The second kappa shape index (κ2) is 59.3. The van der Waals surface area contributed by atoms with Crippen LogP contribution in [0.1, 0.15) is 219 Å². The molecule has 0 heterocycles. The summed E-state index contributed by atoms with van der Waals surface area (Å²) in [6.45, 7) is 3.91. The van der Waals surface area contributed by atoms with Crippen LogP contribution in [0.2, 0.25) is 0 Å². The van der Waals surface area contributed by atoms with Gasteiger partial charge in [0.2, 0.25) is 0 Å². The van der Waals surface area contributed by atoms with Gasteiger partial charge in [-0.05, 0) is 109 Å². The van der Waals surface area contributed by atoms with Crippen LogP contribution in [-0.4, -0.2) is 70.0 Å². The van der Waals surface area contributed by atoms with Crippen LogP contribution in [0.5, 0.6) is 0 Å². The fourth-order valence-electron chi connectivity index (χ4n) is 7.84. The number of carbonyl (C=O) groups excluding carboxylic acids is 2. The maximum Gasteiger partial charge on any atom is 0.306 e. The number of hydrogen-bond donors (Lipinski definition) is 0. The number of quaternary nitrogens is 1. The van der Waals surface area contributed by atoms with Gasteiger partial charge in [0, 0.05) is 12.8 Å². The van der Waals surface area contributed by atoms with Gasteiger partial charge in [0.05, 0.1) is 27.7 Å². The molecule has 0 aliphatic carbocycles. The Morgan fingerprint density at radius 2 is 0.700 bits per heavy atom. The molecule has 0 radical (unpaired) electrons. The number of rotatable bonds is 55. The van der Waals surface area contributed by atoms with Gasteiger partial charge in [-0.25, -0.2) is 0 Å². The van der Waals surface area contributed by atoms with Gasteiger partial charge in [-0.3, -0.25) is 14.2 Å². The molecule has 0 bridgehead atoms. The summed E-state index contributed by atoms with van der Waals surface area (Å²) in [5, 5.41) is 0. The molecule has 0 aromatic carbocycles. The van der Waals surface area contributed by atoms with Gasteiger partial charge in [-0.1, -0.05) is 255 Å². The molecule has 2 atom stereocenters. The largest absolute Gasteiger partial charge is 0.756 e. The van der Waals surface area contributed by atoms with Gasteiger partial charge in [0.1, 0.15) is 19.8 Å². The fraction of sp³-hybridized carbons (Fsp3) is 0.600. The molecule has 0 N–H and O–H groups in total. The lowest BCUT2D eigenvalue weighted by atomic mass is 10.0. The lowest BCUT2D eigenvalue weighted by Crippen LogP contribution is -2.37. The maximum atomic E-state index is 12.8. The van der Waals surface area contributed by atoms with Gasteiger partial charge in [-0.15, -0.1) is 0 Å². The SMILES string of the molecule is CC/C=C\C/C=C\C/C=C\C/C=C\C/C=C\C/C=C\C/C=C\CCCCCCCCCCCCCCCCCC(=O)OC(COC(=O)CC/C=C\C/C=C\C/C=C\C/C=C\C/C=C\C/C=C\CC)COP(=O)([O-])OCC[N+](C)(C)C. The smallest absolute Gasteiger partial charge is 0.306 e. The molecule has 2 unspecified atom stereocenters. The van der Waals surface area contributed by atoms with Gasteiger partial charge in [0.25, 0.3) is 7.82 Å². The summed E-state index contributed by atoms with van der Waals surface area (Å²) in [4.78, 5) is 37.9. The lowest BCUT2D eigenvalue weighted by molar-refractivity contribution is -0.870. The van der Waals surface area contributed by atoms with E-state index in [9.17, 15) is 19.0 Å². The third kappa shape index (κ3) is 62.8. The van der Waals surface area contributed by atoms with E-state index >= 15 is 0 Å². The van der Waals surface area contributed by atoms with E-state index in [0.717, 1.165) is 103 Å². The summed E-state index contributed by atoms with van der Waals surface area (Å²) in [6.07, 6.45) is 89.0. The van der Waals surface area contributed by atoms with E-state index in [2.05, 4.69) is 160 Å². The highest BCUT2D eigenvalue weighted by Gasteiger charge is 2.21. The predicted molar refractivity (Wildman–Crippen MR) is 341 cm³/mol. The molecule has 10 heteroatoms. The number of esters is 2. The number of likely N-dealkylation sites (N-methyl/N-ethyl adjacent to an activating group) is 1. The molecule has 0 spiro atoms. The Morgan fingerprint density at radius 3 is 1.05 bits per heavy atom. The minimum absolute atomic E-state index is 0.0496. The Balaban J connectivity index is 4.15. The van der Waals surface area contributed by atoms with Crippen LogP contribution < -0.4 is 4.89 Å². The van der Waals surface area contributed by atoms with Crippen LogP contribution in [0.4, 0.5) is 0 Å². The quantitative estimate of drug-likeness (QED) is 0.0195. The highest BCUT2D eigenvalue weighted by atomic mass is 31.2. The van der Waals surface area contributed by atoms with Crippen LogP contribution in [0.3, 0.4) is 0 Å². The highest BCUT2D eigenvalue weighted by molar-refractivity contribution is 7.45. The Kier molecular flexibility index (Phi) is 56.0. The normalized spacial score (nSPS) is 14.3. The van der Waals surface area contributed by atoms with Gasteiger partial charge < -0.3 is 27.9 Å². The first-order valence-corrected chi connectivity index (χ1v) is 32.7. The zero-order chi connectivity index (χ0) is 58.4. The van der Waals surface area contributed by atoms with Gasteiger partial charge in [-0.2, -0.15) is 0 Å². The monoisotopic (exact) mass is 1130 g/mol. The summed E-state index contributed by atoms with van der Waals surface area (Å²) in [7, 11) is 1.11. The summed E-state index contributed by atoms with van der Waals surface area (Å²) >= 11 is 0. The number of unbranched alkanes of at least 4 members (excludes halogenated alkanes) is 15. The van der Waals surface area contributed by atoms with Gasteiger partial charge in [0.15, 0.2) is 6.10 Å². The molecule has 0 aliphatic heterocycles. The number of hydrogen-bond acceptors (Lipinski definition) is 8. The number of phosphoric acid groups is 1. The Bertz CT molecular complexity index is 1900. The Hall–Kier alpha value is -4.37. The van der Waals surface area contributed by atoms with Crippen molar-refractivity contribution in [2.45, 2.75) is 225 Å². The van der Waals surface area contributed by atoms with Crippen LogP contribution in [0, 0.1) is 0 Å². The molecule has 0 aliphatic rings. The maximum absolute atomic E-state index is 12.8. The van der Waals surface area contributed by atoms with E-state index in [0.29, 0.717) is 23.9 Å². The third-order valence-electron chi connectivity index (χ3n) is 12.6. The standard InChI is InChI=1S/C70H114NO8P/c1-6-8-10-12-14-16-18-20-22-24-26-27-28-29-30-31-32-33-34-35-36-37-38-39-40-41-42-43-45-47-49-51-53-55-57-59-61-63-70(73)79-68(67-78-80(74,75)77-65-64-71(3,4)5)66-76-69(72)62-60-58-56-54-52-50-48-46-44-25-23-21-19-17-15-13-11-9-7-2/h8-11,14-17,20-23,26-27,29-30,32-33,35-36,44,46,50,52,56,58,68H,6-7,12-13,18-19,24-25,28,31,34,37-43,45,47-49,51,53-55,57,59-67H2,1-5H3/b10-8-,11-9-,16-14-,17-15-,22-20-,23-21-,27-26-,30-29-,33-32-,36-35-,46-44-,52-50-,58-56-. The van der Waals surface area contributed by atoms with Crippen molar-refractivity contribution in [3.8, 4) is 0 Å². The molecule has 0 saturated heterocycles. The first kappa shape index (κ1) is 75.6. The zero-order valence-electron chi connectivity index (χ0n) is 51.2. The average Bonchev–Trinajstić information content (AvgIpc) is 3.42. The number of phosphoric ester groups is 1. The Morgan fingerprint density at radius 1 is 0.388 bits per heavy atom. The van der Waals surface area contributed by atoms with E-state index in [1.165, 1.54) is 77.0 Å². The van der Waals surface area contributed by atoms with E-state index < -0.39 is 32.5 Å². The lowest BCUT2D eigenvalue weighted by Gasteiger charge is -2.28.